The highest BCUT2D eigenvalue weighted by Gasteiger charge is 2.09. The molecule has 0 amide bonds. The molecule has 0 unspecified atom stereocenters. The molecular formula is C18H25N2O2+. The van der Waals surface area contributed by atoms with Crippen molar-refractivity contribution in [2.45, 2.75) is 38.2 Å². The van der Waals surface area contributed by atoms with Crippen molar-refractivity contribution in [3.63, 3.8) is 0 Å². The maximum absolute atomic E-state index is 9.93. The second-order valence-electron chi connectivity index (χ2n) is 5.77. The fraction of sp³-hybridized carbons (Fsp3) is 0.500. The standard InChI is InChI=1S/C18H24N2O2/c19-12-16-6-8-18(9-7-16)22-14-17(21)13-20-11-10-15-4-2-1-3-5-15/h4,6-9,17,20-21H,1-3,5,10-11,13-14H2/p+1/t17-/m1/s1. The van der Waals surface area contributed by atoms with Crippen LogP contribution in [-0.4, -0.2) is 30.9 Å². The van der Waals surface area contributed by atoms with E-state index in [0.717, 1.165) is 13.0 Å². The molecule has 22 heavy (non-hydrogen) atoms. The van der Waals surface area contributed by atoms with Gasteiger partial charge in [0, 0.05) is 6.42 Å². The summed E-state index contributed by atoms with van der Waals surface area (Å²) < 4.78 is 5.52. The highest BCUT2D eigenvalue weighted by Crippen LogP contribution is 2.18. The Morgan fingerprint density at radius 2 is 2.09 bits per heavy atom. The lowest BCUT2D eigenvalue weighted by Gasteiger charge is -2.13. The van der Waals surface area contributed by atoms with Crippen molar-refractivity contribution in [1.82, 2.24) is 0 Å². The predicted octanol–water partition coefficient (Wildman–Crippen LogP) is 1.75. The third-order valence-corrected chi connectivity index (χ3v) is 3.92. The van der Waals surface area contributed by atoms with Gasteiger partial charge in [-0.1, -0.05) is 11.6 Å². The lowest BCUT2D eigenvalue weighted by molar-refractivity contribution is -0.660. The van der Waals surface area contributed by atoms with Crippen LogP contribution in [0.15, 0.2) is 35.9 Å². The van der Waals surface area contributed by atoms with Crippen molar-refractivity contribution in [3.05, 3.63) is 41.5 Å². The van der Waals surface area contributed by atoms with Crippen LogP contribution < -0.4 is 10.1 Å². The van der Waals surface area contributed by atoms with E-state index in [4.69, 9.17) is 10.00 Å². The number of quaternary nitrogens is 1. The lowest BCUT2D eigenvalue weighted by Crippen LogP contribution is -2.86. The number of rotatable bonds is 8. The van der Waals surface area contributed by atoms with Gasteiger partial charge in [0.1, 0.15) is 25.0 Å². The summed E-state index contributed by atoms with van der Waals surface area (Å²) >= 11 is 0. The molecule has 1 aliphatic carbocycles. The van der Waals surface area contributed by atoms with Crippen LogP contribution in [0.5, 0.6) is 5.75 Å². The van der Waals surface area contributed by atoms with Crippen LogP contribution in [0.4, 0.5) is 0 Å². The summed E-state index contributed by atoms with van der Waals surface area (Å²) in [4.78, 5) is 0. The van der Waals surface area contributed by atoms with Crippen LogP contribution in [0.3, 0.4) is 0 Å². The van der Waals surface area contributed by atoms with Gasteiger partial charge in [0.2, 0.25) is 0 Å². The Morgan fingerprint density at radius 1 is 1.27 bits per heavy atom. The van der Waals surface area contributed by atoms with E-state index in [9.17, 15) is 5.11 Å². The molecule has 0 saturated heterocycles. The summed E-state index contributed by atoms with van der Waals surface area (Å²) in [6, 6.07) is 9.00. The minimum atomic E-state index is -0.476. The van der Waals surface area contributed by atoms with Crippen LogP contribution >= 0.6 is 0 Å². The van der Waals surface area contributed by atoms with Crippen LogP contribution in [0.2, 0.25) is 0 Å². The number of aliphatic hydroxyl groups is 1. The first-order valence-corrected chi connectivity index (χ1v) is 8.08. The highest BCUT2D eigenvalue weighted by molar-refractivity contribution is 5.34. The van der Waals surface area contributed by atoms with Gasteiger partial charge in [-0.05, 0) is 49.9 Å². The van der Waals surface area contributed by atoms with Gasteiger partial charge in [-0.2, -0.15) is 5.26 Å². The van der Waals surface area contributed by atoms with Gasteiger partial charge in [-0.15, -0.1) is 0 Å². The zero-order valence-electron chi connectivity index (χ0n) is 13.0. The number of ether oxygens (including phenoxy) is 1. The molecule has 1 aromatic rings. The minimum absolute atomic E-state index is 0.283. The Morgan fingerprint density at radius 3 is 2.77 bits per heavy atom. The molecule has 0 fully saturated rings. The maximum atomic E-state index is 9.93. The molecule has 1 aromatic carbocycles. The average molecular weight is 301 g/mol. The van der Waals surface area contributed by atoms with Crippen molar-refractivity contribution in [1.29, 1.82) is 5.26 Å². The van der Waals surface area contributed by atoms with Crippen LogP contribution in [0, 0.1) is 11.3 Å². The molecule has 0 bridgehead atoms. The predicted molar refractivity (Wildman–Crippen MR) is 85.5 cm³/mol. The van der Waals surface area contributed by atoms with E-state index in [0.29, 0.717) is 17.9 Å². The molecule has 0 saturated carbocycles. The molecular weight excluding hydrogens is 276 g/mol. The van der Waals surface area contributed by atoms with E-state index in [1.54, 1.807) is 29.8 Å². The SMILES string of the molecule is N#Cc1ccc(OC[C@H](O)C[NH2+]CCC2=CCCCC2)cc1. The second kappa shape index (κ2) is 9.24. The molecule has 0 heterocycles. The van der Waals surface area contributed by atoms with E-state index in [1.165, 1.54) is 25.7 Å². The summed E-state index contributed by atoms with van der Waals surface area (Å²) in [5.74, 6) is 0.686. The van der Waals surface area contributed by atoms with Gasteiger partial charge in [0.25, 0.3) is 0 Å². The summed E-state index contributed by atoms with van der Waals surface area (Å²) in [7, 11) is 0. The second-order valence-corrected chi connectivity index (χ2v) is 5.77. The van der Waals surface area contributed by atoms with Crippen molar-refractivity contribution < 1.29 is 15.2 Å². The fourth-order valence-corrected chi connectivity index (χ4v) is 2.62. The Kier molecular flexibility index (Phi) is 6.95. The molecule has 1 atom stereocenters. The first-order valence-electron chi connectivity index (χ1n) is 8.08. The molecule has 118 valence electrons. The normalized spacial score (nSPS) is 15.7. The lowest BCUT2D eigenvalue weighted by atomic mass is 9.97. The summed E-state index contributed by atoms with van der Waals surface area (Å²) in [6.45, 7) is 1.97. The number of hydrogen-bond acceptors (Lipinski definition) is 3. The number of nitrogens with two attached hydrogens (primary N) is 1. The fourth-order valence-electron chi connectivity index (χ4n) is 2.62. The largest absolute Gasteiger partial charge is 0.491 e. The molecule has 0 radical (unpaired) electrons. The van der Waals surface area contributed by atoms with Gasteiger partial charge in [-0.3, -0.25) is 0 Å². The minimum Gasteiger partial charge on any atom is -0.491 e. The van der Waals surface area contributed by atoms with Crippen LogP contribution in [0.25, 0.3) is 0 Å². The molecule has 4 nitrogen and oxygen atoms in total. The van der Waals surface area contributed by atoms with Gasteiger partial charge in [0.15, 0.2) is 0 Å². The summed E-state index contributed by atoms with van der Waals surface area (Å²) in [6.07, 6.45) is 8.17. The first kappa shape index (κ1) is 16.5. The smallest absolute Gasteiger partial charge is 0.137 e. The number of allylic oxidation sites excluding steroid dienone is 1. The number of hydrogen-bond donors (Lipinski definition) is 2. The molecule has 1 aliphatic rings. The van der Waals surface area contributed by atoms with E-state index in [-0.39, 0.29) is 6.61 Å². The highest BCUT2D eigenvalue weighted by atomic mass is 16.5. The van der Waals surface area contributed by atoms with E-state index in [1.807, 2.05) is 0 Å². The third-order valence-electron chi connectivity index (χ3n) is 3.92. The van der Waals surface area contributed by atoms with E-state index >= 15 is 0 Å². The van der Waals surface area contributed by atoms with Gasteiger partial charge >= 0.3 is 0 Å². The zero-order valence-corrected chi connectivity index (χ0v) is 13.0. The Balaban J connectivity index is 1.58. The quantitative estimate of drug-likeness (QED) is 0.568. The zero-order chi connectivity index (χ0) is 15.6. The van der Waals surface area contributed by atoms with Crippen molar-refractivity contribution in [2.75, 3.05) is 19.7 Å². The molecule has 4 heteroatoms. The van der Waals surface area contributed by atoms with Crippen LogP contribution in [-0.2, 0) is 0 Å². The Labute approximate surface area is 132 Å². The summed E-state index contributed by atoms with van der Waals surface area (Å²) in [5, 5.41) is 20.8. The molecule has 0 aromatic heterocycles. The van der Waals surface area contributed by atoms with Gasteiger partial charge < -0.3 is 15.2 Å². The molecule has 3 N–H and O–H groups in total. The molecule has 0 aliphatic heterocycles. The van der Waals surface area contributed by atoms with Crippen molar-refractivity contribution >= 4 is 0 Å². The molecule has 0 spiro atoms. The third kappa shape index (κ3) is 5.88. The number of nitriles is 1. The van der Waals surface area contributed by atoms with Gasteiger partial charge in [-0.25, -0.2) is 0 Å². The maximum Gasteiger partial charge on any atom is 0.137 e. The average Bonchev–Trinajstić information content (AvgIpc) is 2.58. The number of nitrogens with zero attached hydrogens (tertiary/aromatic N) is 1. The van der Waals surface area contributed by atoms with Crippen molar-refractivity contribution in [2.24, 2.45) is 0 Å². The van der Waals surface area contributed by atoms with E-state index < -0.39 is 6.10 Å². The number of aliphatic hydroxyl groups excluding tert-OH is 1. The topological polar surface area (TPSA) is 69.9 Å². The summed E-state index contributed by atoms with van der Waals surface area (Å²) in [5.41, 5.74) is 2.18. The van der Waals surface area contributed by atoms with Crippen molar-refractivity contribution in [3.8, 4) is 11.8 Å². The van der Waals surface area contributed by atoms with E-state index in [2.05, 4.69) is 17.5 Å². The monoisotopic (exact) mass is 301 g/mol. The number of benzene rings is 1. The first-order chi connectivity index (χ1) is 10.8. The Bertz CT molecular complexity index is 517. The Hall–Kier alpha value is -1.83. The van der Waals surface area contributed by atoms with Crippen LogP contribution in [0.1, 0.15) is 37.7 Å². The van der Waals surface area contributed by atoms with Gasteiger partial charge in [0.05, 0.1) is 18.2 Å². The molecule has 2 rings (SSSR count).